The van der Waals surface area contributed by atoms with Gasteiger partial charge in [0.05, 0.1) is 18.0 Å². The lowest BCUT2D eigenvalue weighted by Gasteiger charge is -2.05. The van der Waals surface area contributed by atoms with Crippen molar-refractivity contribution in [3.05, 3.63) is 0 Å². The number of hydrogen-bond acceptors (Lipinski definition) is 3. The van der Waals surface area contributed by atoms with E-state index in [9.17, 15) is 8.76 Å². The maximum atomic E-state index is 9.66. The zero-order valence-corrected chi connectivity index (χ0v) is 6.70. The monoisotopic (exact) mass is 201 g/mol. The third-order valence-corrected chi connectivity index (χ3v) is 0.987. The van der Waals surface area contributed by atoms with Crippen LogP contribution in [0.3, 0.4) is 0 Å². The summed E-state index contributed by atoms with van der Waals surface area (Å²) in [6.45, 7) is 1.99. The molecule has 0 heterocycles. The minimum atomic E-state index is -2.37. The Kier molecular flexibility index (Phi) is 4.74. The van der Waals surface area contributed by atoms with Gasteiger partial charge in [-0.25, -0.2) is 4.21 Å². The van der Waals surface area contributed by atoms with Crippen molar-refractivity contribution in [1.29, 1.82) is 0 Å². The van der Waals surface area contributed by atoms with Gasteiger partial charge in [0.1, 0.15) is 0 Å². The zero-order valence-electron chi connectivity index (χ0n) is 4.30. The van der Waals surface area contributed by atoms with Crippen LogP contribution in [0.4, 0.5) is 0 Å². The molecule has 0 aliphatic carbocycles. The molecule has 8 heavy (non-hydrogen) atoms. The Morgan fingerprint density at radius 2 is 2.50 bits per heavy atom. The molecular formula is C3H6BrO3S-. The topological polar surface area (TPSA) is 49.4 Å². The van der Waals surface area contributed by atoms with Crippen LogP contribution in [0.1, 0.15) is 6.92 Å². The maximum absolute atomic E-state index is 9.66. The first-order valence-electron chi connectivity index (χ1n) is 1.99. The third-order valence-electron chi connectivity index (χ3n) is 0.394. The second kappa shape index (κ2) is 4.43. The van der Waals surface area contributed by atoms with E-state index >= 15 is 0 Å². The van der Waals surface area contributed by atoms with E-state index in [2.05, 4.69) is 20.1 Å². The van der Waals surface area contributed by atoms with E-state index in [0.29, 0.717) is 0 Å². The van der Waals surface area contributed by atoms with Crippen LogP contribution in [-0.2, 0) is 15.5 Å². The van der Waals surface area contributed by atoms with Crippen LogP contribution >= 0.6 is 15.9 Å². The Bertz CT molecular complexity index is 84.6. The number of alkyl halides is 1. The molecule has 0 rings (SSSR count). The molecule has 0 saturated heterocycles. The maximum Gasteiger partial charge on any atom is 0.0842 e. The van der Waals surface area contributed by atoms with Gasteiger partial charge in [-0.15, -0.1) is 0 Å². The SMILES string of the molecule is CC(Br)COS(=O)[O-]. The molecule has 0 aliphatic rings. The Labute approximate surface area is 59.0 Å². The fourth-order valence-electron chi connectivity index (χ4n) is 0.149. The molecule has 0 aromatic rings. The van der Waals surface area contributed by atoms with Crippen LogP contribution in [0.5, 0.6) is 0 Å². The first-order chi connectivity index (χ1) is 3.63. The van der Waals surface area contributed by atoms with Crippen LogP contribution < -0.4 is 0 Å². The van der Waals surface area contributed by atoms with Gasteiger partial charge in [0, 0.05) is 4.83 Å². The molecule has 5 heteroatoms. The molecule has 0 aromatic carbocycles. The molecule has 0 N–H and O–H groups in total. The van der Waals surface area contributed by atoms with Crippen LogP contribution in [0.2, 0.25) is 0 Å². The minimum Gasteiger partial charge on any atom is -0.750 e. The number of halogens is 1. The molecule has 0 fully saturated rings. The molecule has 3 nitrogen and oxygen atoms in total. The van der Waals surface area contributed by atoms with E-state index in [1.807, 2.05) is 0 Å². The van der Waals surface area contributed by atoms with Crippen molar-refractivity contribution in [1.82, 2.24) is 0 Å². The van der Waals surface area contributed by atoms with Crippen molar-refractivity contribution in [2.45, 2.75) is 11.8 Å². The van der Waals surface area contributed by atoms with Crippen molar-refractivity contribution in [3.63, 3.8) is 0 Å². The molecule has 0 amide bonds. The van der Waals surface area contributed by atoms with E-state index in [0.717, 1.165) is 0 Å². The highest BCUT2D eigenvalue weighted by Crippen LogP contribution is 1.97. The van der Waals surface area contributed by atoms with Gasteiger partial charge in [0.2, 0.25) is 0 Å². The van der Waals surface area contributed by atoms with Crippen molar-refractivity contribution < 1.29 is 12.9 Å². The summed E-state index contributed by atoms with van der Waals surface area (Å²) < 4.78 is 23.5. The first-order valence-corrected chi connectivity index (χ1v) is 3.91. The van der Waals surface area contributed by atoms with Crippen LogP contribution in [-0.4, -0.2) is 20.2 Å². The summed E-state index contributed by atoms with van der Waals surface area (Å²) in [5, 5.41) is 0. The van der Waals surface area contributed by atoms with E-state index in [1.54, 1.807) is 6.92 Å². The van der Waals surface area contributed by atoms with Gasteiger partial charge in [-0.3, -0.25) is 4.18 Å². The van der Waals surface area contributed by atoms with Crippen molar-refractivity contribution in [2.24, 2.45) is 0 Å². The largest absolute Gasteiger partial charge is 0.750 e. The predicted octanol–water partition coefficient (Wildman–Crippen LogP) is 0.581. The molecule has 0 radical (unpaired) electrons. The summed E-state index contributed by atoms with van der Waals surface area (Å²) in [5.74, 6) is 0. The van der Waals surface area contributed by atoms with Gasteiger partial charge in [0.25, 0.3) is 0 Å². The third kappa shape index (κ3) is 6.55. The van der Waals surface area contributed by atoms with Gasteiger partial charge in [-0.05, 0) is 0 Å². The minimum absolute atomic E-state index is 0.0837. The van der Waals surface area contributed by atoms with Gasteiger partial charge in [0.15, 0.2) is 0 Å². The highest BCUT2D eigenvalue weighted by Gasteiger charge is 1.92. The molecular weight excluding hydrogens is 196 g/mol. The zero-order chi connectivity index (χ0) is 6.57. The second-order valence-corrected chi connectivity index (χ2v) is 3.48. The fraction of sp³-hybridized carbons (Fsp3) is 1.00. The second-order valence-electron chi connectivity index (χ2n) is 1.27. The van der Waals surface area contributed by atoms with Gasteiger partial charge >= 0.3 is 0 Å². The summed E-state index contributed by atoms with van der Waals surface area (Å²) in [6, 6.07) is 0. The highest BCUT2D eigenvalue weighted by molar-refractivity contribution is 9.09. The van der Waals surface area contributed by atoms with Crippen molar-refractivity contribution >= 4 is 27.3 Å². The molecule has 0 aliphatic heterocycles. The molecule has 0 aromatic heterocycles. The normalized spacial score (nSPS) is 17.9. The average Bonchev–Trinajstić information content (AvgIpc) is 1.61. The lowest BCUT2D eigenvalue weighted by molar-refractivity contribution is 0.305. The van der Waals surface area contributed by atoms with Crippen molar-refractivity contribution in [2.75, 3.05) is 6.61 Å². The smallest absolute Gasteiger partial charge is 0.0842 e. The summed E-state index contributed by atoms with van der Waals surface area (Å²) in [7, 11) is 0. The van der Waals surface area contributed by atoms with E-state index in [4.69, 9.17) is 0 Å². The predicted molar refractivity (Wildman–Crippen MR) is 33.3 cm³/mol. The molecule has 2 unspecified atom stereocenters. The summed E-state index contributed by atoms with van der Waals surface area (Å²) in [6.07, 6.45) is 0. The summed E-state index contributed by atoms with van der Waals surface area (Å²) in [5.41, 5.74) is 0. The van der Waals surface area contributed by atoms with Crippen LogP contribution in [0.25, 0.3) is 0 Å². The van der Waals surface area contributed by atoms with E-state index in [-0.39, 0.29) is 11.4 Å². The average molecular weight is 202 g/mol. The van der Waals surface area contributed by atoms with Crippen LogP contribution in [0.15, 0.2) is 0 Å². The lowest BCUT2D eigenvalue weighted by atomic mass is 10.5. The Morgan fingerprint density at radius 3 is 2.62 bits per heavy atom. The molecule has 2 atom stereocenters. The summed E-state index contributed by atoms with van der Waals surface area (Å²) >= 11 is 0.738. The lowest BCUT2D eigenvalue weighted by Crippen LogP contribution is -2.05. The van der Waals surface area contributed by atoms with Crippen molar-refractivity contribution in [3.8, 4) is 0 Å². The number of hydrogen-bond donors (Lipinski definition) is 0. The Morgan fingerprint density at radius 1 is 2.00 bits per heavy atom. The van der Waals surface area contributed by atoms with Crippen LogP contribution in [0, 0.1) is 0 Å². The highest BCUT2D eigenvalue weighted by atomic mass is 79.9. The Balaban J connectivity index is 3.05. The number of rotatable bonds is 3. The molecule has 0 bridgehead atoms. The van der Waals surface area contributed by atoms with E-state index in [1.165, 1.54) is 0 Å². The standard InChI is InChI=1S/C3H7BrO3S/c1-3(4)2-7-8(5)6/h3H,2H2,1H3,(H,5,6)/p-1. The van der Waals surface area contributed by atoms with E-state index < -0.39 is 11.4 Å². The molecule has 0 spiro atoms. The van der Waals surface area contributed by atoms with Gasteiger partial charge < -0.3 is 4.55 Å². The Hall–Kier alpha value is 0.550. The van der Waals surface area contributed by atoms with Gasteiger partial charge in [-0.2, -0.15) is 0 Å². The molecule has 50 valence electrons. The van der Waals surface area contributed by atoms with Gasteiger partial charge in [-0.1, -0.05) is 22.9 Å². The summed E-state index contributed by atoms with van der Waals surface area (Å²) in [4.78, 5) is 0.0837. The first kappa shape index (κ1) is 8.55. The quantitative estimate of drug-likeness (QED) is 0.496. The molecule has 0 saturated carbocycles. The fourth-order valence-corrected chi connectivity index (χ4v) is 0.772.